The molecule has 5 heteroatoms. The predicted octanol–water partition coefficient (Wildman–Crippen LogP) is 2.09. The van der Waals surface area contributed by atoms with Crippen molar-refractivity contribution in [2.75, 3.05) is 0 Å². The van der Waals surface area contributed by atoms with Crippen molar-refractivity contribution in [1.29, 1.82) is 5.26 Å². The Kier molecular flexibility index (Phi) is 2.52. The molecule has 118 valence electrons. The molecule has 0 N–H and O–H groups in total. The van der Waals surface area contributed by atoms with Gasteiger partial charge in [-0.25, -0.2) is 0 Å². The summed E-state index contributed by atoms with van der Waals surface area (Å²) >= 11 is 0. The molecule has 1 saturated heterocycles. The molecule has 5 rings (SSSR count). The Bertz CT molecular complexity index is 824. The maximum atomic E-state index is 12.7. The molecule has 24 heavy (non-hydrogen) atoms. The zero-order valence-electron chi connectivity index (χ0n) is 12.9. The fourth-order valence-corrected chi connectivity index (χ4v) is 4.94. The van der Waals surface area contributed by atoms with E-state index < -0.39 is 0 Å². The van der Waals surface area contributed by atoms with Gasteiger partial charge >= 0.3 is 0 Å². The lowest BCUT2D eigenvalue weighted by Crippen LogP contribution is -2.30. The van der Waals surface area contributed by atoms with Crippen molar-refractivity contribution >= 4 is 18.0 Å². The van der Waals surface area contributed by atoms with Crippen LogP contribution in [0.25, 0.3) is 0 Å². The summed E-state index contributed by atoms with van der Waals surface area (Å²) in [4.78, 5) is 25.5. The van der Waals surface area contributed by atoms with Crippen LogP contribution in [0.2, 0.25) is 0 Å². The molecule has 4 atom stereocenters. The molecule has 0 aromatic heterocycles. The maximum absolute atomic E-state index is 12.7. The summed E-state index contributed by atoms with van der Waals surface area (Å²) in [6.07, 6.45) is 8.09. The summed E-state index contributed by atoms with van der Waals surface area (Å²) in [7, 11) is 0. The van der Waals surface area contributed by atoms with Crippen molar-refractivity contribution in [2.24, 2.45) is 34.2 Å². The number of nitrogens with zero attached hydrogens (tertiary/aromatic N) is 3. The first-order valence-electron chi connectivity index (χ1n) is 8.26. The molecule has 1 aliphatic heterocycles. The van der Waals surface area contributed by atoms with E-state index in [1.54, 1.807) is 24.3 Å². The van der Waals surface area contributed by atoms with Crippen LogP contribution in [-0.2, 0) is 9.59 Å². The van der Waals surface area contributed by atoms with Gasteiger partial charge in [0.15, 0.2) is 0 Å². The van der Waals surface area contributed by atoms with Gasteiger partial charge in [-0.15, -0.1) is 0 Å². The number of allylic oxidation sites excluding steroid dienone is 2. The van der Waals surface area contributed by atoms with Crippen LogP contribution in [0.4, 0.5) is 0 Å². The van der Waals surface area contributed by atoms with Gasteiger partial charge in [0.25, 0.3) is 11.8 Å². The highest BCUT2D eigenvalue weighted by atomic mass is 16.2. The first-order chi connectivity index (χ1) is 11.7. The van der Waals surface area contributed by atoms with E-state index in [0.717, 1.165) is 23.4 Å². The van der Waals surface area contributed by atoms with Crippen molar-refractivity contribution in [3.63, 3.8) is 0 Å². The van der Waals surface area contributed by atoms with E-state index in [9.17, 15) is 9.59 Å². The van der Waals surface area contributed by atoms with Gasteiger partial charge in [0, 0.05) is 0 Å². The lowest BCUT2D eigenvalue weighted by Gasteiger charge is -2.18. The highest BCUT2D eigenvalue weighted by Gasteiger charge is 2.73. The highest BCUT2D eigenvalue weighted by molar-refractivity contribution is 6.07. The summed E-state index contributed by atoms with van der Waals surface area (Å²) < 4.78 is 0. The lowest BCUT2D eigenvalue weighted by molar-refractivity contribution is -0.141. The van der Waals surface area contributed by atoms with Crippen molar-refractivity contribution in [3.05, 3.63) is 47.5 Å². The summed E-state index contributed by atoms with van der Waals surface area (Å²) in [5, 5.41) is 14.0. The van der Waals surface area contributed by atoms with Gasteiger partial charge in [0.1, 0.15) is 0 Å². The number of hydrogen-bond acceptors (Lipinski definition) is 4. The molecule has 2 amide bonds. The minimum atomic E-state index is -0.215. The quantitative estimate of drug-likeness (QED) is 0.476. The van der Waals surface area contributed by atoms with Gasteiger partial charge < -0.3 is 0 Å². The molecule has 2 bridgehead atoms. The molecular formula is C19H15N3O2. The Morgan fingerprint density at radius 2 is 1.67 bits per heavy atom. The van der Waals surface area contributed by atoms with E-state index in [2.05, 4.69) is 23.3 Å². The van der Waals surface area contributed by atoms with Crippen molar-refractivity contribution in [2.45, 2.75) is 12.8 Å². The van der Waals surface area contributed by atoms with Crippen LogP contribution in [0.5, 0.6) is 0 Å². The zero-order chi connectivity index (χ0) is 16.5. The maximum Gasteiger partial charge on any atom is 0.254 e. The SMILES string of the molecule is N#Cc1ccc(/C=N\N2C(=O)[C@@H]3[C@@H](C2=O)[C@H]2C=C[C@H]3C23CC3)cc1. The van der Waals surface area contributed by atoms with Crippen LogP contribution in [0, 0.1) is 40.4 Å². The van der Waals surface area contributed by atoms with Gasteiger partial charge in [0.2, 0.25) is 0 Å². The normalized spacial score (nSPS) is 34.4. The van der Waals surface area contributed by atoms with E-state index in [-0.39, 0.29) is 40.9 Å². The van der Waals surface area contributed by atoms with Crippen molar-refractivity contribution in [3.8, 4) is 6.07 Å². The monoisotopic (exact) mass is 317 g/mol. The Hall–Kier alpha value is -2.74. The second-order valence-corrected chi connectivity index (χ2v) is 7.19. The summed E-state index contributed by atoms with van der Waals surface area (Å²) in [5.74, 6) is -0.296. The molecule has 1 aromatic carbocycles. The van der Waals surface area contributed by atoms with Crippen LogP contribution in [-0.4, -0.2) is 23.0 Å². The molecule has 0 unspecified atom stereocenters. The smallest absolute Gasteiger partial charge is 0.254 e. The predicted molar refractivity (Wildman–Crippen MR) is 85.4 cm³/mol. The van der Waals surface area contributed by atoms with Gasteiger partial charge in [0.05, 0.1) is 29.7 Å². The summed E-state index contributed by atoms with van der Waals surface area (Å²) in [6.45, 7) is 0. The number of fused-ring (bicyclic) bond motifs is 3. The first kappa shape index (κ1) is 13.7. The third-order valence-electron chi connectivity index (χ3n) is 6.19. The van der Waals surface area contributed by atoms with Crippen LogP contribution in [0.15, 0.2) is 41.5 Å². The van der Waals surface area contributed by atoms with E-state index in [1.165, 1.54) is 6.21 Å². The number of hydrogen-bond donors (Lipinski definition) is 0. The number of benzene rings is 1. The van der Waals surface area contributed by atoms with Gasteiger partial charge in [-0.05, 0) is 47.8 Å². The van der Waals surface area contributed by atoms with Crippen LogP contribution < -0.4 is 0 Å². The molecule has 3 fully saturated rings. The fraction of sp³-hybridized carbons (Fsp3) is 0.368. The number of amides is 2. The molecule has 3 aliphatic carbocycles. The van der Waals surface area contributed by atoms with E-state index in [1.807, 2.05) is 0 Å². The number of nitriles is 1. The number of carbonyl (C=O) groups is 2. The number of rotatable bonds is 2. The highest BCUT2D eigenvalue weighted by Crippen LogP contribution is 2.73. The van der Waals surface area contributed by atoms with Crippen LogP contribution >= 0.6 is 0 Å². The van der Waals surface area contributed by atoms with Gasteiger partial charge in [-0.1, -0.05) is 24.3 Å². The van der Waals surface area contributed by atoms with E-state index >= 15 is 0 Å². The average Bonchev–Trinajstić information content (AvgIpc) is 3.21. The topological polar surface area (TPSA) is 73.5 Å². The van der Waals surface area contributed by atoms with Crippen LogP contribution in [0.3, 0.4) is 0 Å². The summed E-state index contributed by atoms with van der Waals surface area (Å²) in [5.41, 5.74) is 1.53. The number of hydrazone groups is 1. The fourth-order valence-electron chi connectivity index (χ4n) is 4.94. The number of carbonyl (C=O) groups excluding carboxylic acids is 2. The Morgan fingerprint density at radius 1 is 1.08 bits per heavy atom. The standard InChI is InChI=1S/C19H15N3O2/c20-9-11-1-3-12(4-2-11)10-21-22-17(23)15-13-5-6-14(16(15)18(22)24)19(13)7-8-19/h1-6,10,13-16H,7-8H2/b21-10-/t13-,14-,15+,16+/m1/s1. The molecule has 2 saturated carbocycles. The third kappa shape index (κ3) is 1.56. The van der Waals surface area contributed by atoms with Crippen LogP contribution in [0.1, 0.15) is 24.0 Å². The molecule has 1 aromatic rings. The van der Waals surface area contributed by atoms with Crippen molar-refractivity contribution in [1.82, 2.24) is 5.01 Å². The third-order valence-corrected chi connectivity index (χ3v) is 6.19. The second kappa shape index (κ2) is 4.41. The molecule has 4 aliphatic rings. The average molecular weight is 317 g/mol. The molecule has 1 spiro atoms. The molecule has 5 nitrogen and oxygen atoms in total. The first-order valence-corrected chi connectivity index (χ1v) is 8.26. The second-order valence-electron chi connectivity index (χ2n) is 7.19. The Labute approximate surface area is 139 Å². The zero-order valence-corrected chi connectivity index (χ0v) is 12.9. The molecular weight excluding hydrogens is 302 g/mol. The van der Waals surface area contributed by atoms with E-state index in [4.69, 9.17) is 5.26 Å². The molecule has 0 radical (unpaired) electrons. The summed E-state index contributed by atoms with van der Waals surface area (Å²) in [6, 6.07) is 8.92. The van der Waals surface area contributed by atoms with Gasteiger partial charge in [-0.2, -0.15) is 15.4 Å². The largest absolute Gasteiger partial charge is 0.272 e. The van der Waals surface area contributed by atoms with Crippen molar-refractivity contribution < 1.29 is 9.59 Å². The minimum Gasteiger partial charge on any atom is -0.272 e. The Balaban J connectivity index is 1.41. The minimum absolute atomic E-state index is 0.155. The Morgan fingerprint density at radius 3 is 2.17 bits per heavy atom. The van der Waals surface area contributed by atoms with E-state index in [0.29, 0.717) is 5.56 Å². The molecule has 1 heterocycles. The van der Waals surface area contributed by atoms with Gasteiger partial charge in [-0.3, -0.25) is 9.59 Å². The lowest BCUT2D eigenvalue weighted by atomic mass is 9.85. The number of imide groups is 1.